The summed E-state index contributed by atoms with van der Waals surface area (Å²) in [5.74, 6) is 1.19. The first kappa shape index (κ1) is 19.5. The standard InChI is InChI=1S/C21H25FN6/c1-4-23-21(26-14-18-7-5-6-8-19(18)22)25-13-17-9-10-20(24-12-17)28-16(3)11-15(2)27-28/h5-12H,4,13-14H2,1-3H3,(H2,23,25,26). The molecule has 2 N–H and O–H groups in total. The Balaban J connectivity index is 1.65. The van der Waals surface area contributed by atoms with Crippen LogP contribution in [0.2, 0.25) is 0 Å². The molecule has 1 aromatic carbocycles. The van der Waals surface area contributed by atoms with Crippen LogP contribution >= 0.6 is 0 Å². The van der Waals surface area contributed by atoms with Crippen LogP contribution in [0.5, 0.6) is 0 Å². The molecule has 0 radical (unpaired) electrons. The van der Waals surface area contributed by atoms with Crippen LogP contribution in [0, 0.1) is 19.7 Å². The molecule has 0 amide bonds. The Bertz CT molecular complexity index is 946. The largest absolute Gasteiger partial charge is 0.357 e. The van der Waals surface area contributed by atoms with Crippen molar-refractivity contribution in [3.8, 4) is 5.82 Å². The molecule has 0 saturated heterocycles. The Labute approximate surface area is 164 Å². The zero-order valence-corrected chi connectivity index (χ0v) is 16.4. The van der Waals surface area contributed by atoms with Gasteiger partial charge in [0.15, 0.2) is 11.8 Å². The van der Waals surface area contributed by atoms with E-state index in [0.717, 1.165) is 29.3 Å². The number of guanidine groups is 1. The highest BCUT2D eigenvalue weighted by atomic mass is 19.1. The molecule has 3 rings (SSSR count). The van der Waals surface area contributed by atoms with Crippen molar-refractivity contribution >= 4 is 5.96 Å². The van der Waals surface area contributed by atoms with Gasteiger partial charge in [0.1, 0.15) is 5.82 Å². The van der Waals surface area contributed by atoms with E-state index in [1.807, 2.05) is 49.7 Å². The molecule has 0 spiro atoms. The van der Waals surface area contributed by atoms with Crippen LogP contribution in [-0.2, 0) is 13.1 Å². The van der Waals surface area contributed by atoms with Crippen molar-refractivity contribution in [2.75, 3.05) is 6.54 Å². The minimum Gasteiger partial charge on any atom is -0.357 e. The quantitative estimate of drug-likeness (QED) is 0.509. The lowest BCUT2D eigenvalue weighted by atomic mass is 10.2. The van der Waals surface area contributed by atoms with E-state index in [1.54, 1.807) is 18.3 Å². The molecule has 0 saturated carbocycles. The van der Waals surface area contributed by atoms with E-state index in [1.165, 1.54) is 6.07 Å². The first-order valence-electron chi connectivity index (χ1n) is 9.31. The third-order valence-electron chi connectivity index (χ3n) is 4.20. The van der Waals surface area contributed by atoms with Crippen molar-refractivity contribution < 1.29 is 4.39 Å². The van der Waals surface area contributed by atoms with Crippen molar-refractivity contribution in [3.63, 3.8) is 0 Å². The van der Waals surface area contributed by atoms with Gasteiger partial charge in [-0.05, 0) is 44.5 Å². The zero-order valence-electron chi connectivity index (χ0n) is 16.4. The monoisotopic (exact) mass is 380 g/mol. The topological polar surface area (TPSA) is 67.1 Å². The number of pyridine rings is 1. The van der Waals surface area contributed by atoms with Crippen LogP contribution in [-0.4, -0.2) is 27.3 Å². The molecule has 0 aliphatic heterocycles. The number of nitrogens with one attached hydrogen (secondary N) is 2. The average Bonchev–Trinajstić information content (AvgIpc) is 3.03. The van der Waals surface area contributed by atoms with Crippen LogP contribution in [0.1, 0.15) is 29.4 Å². The molecule has 6 nitrogen and oxygen atoms in total. The summed E-state index contributed by atoms with van der Waals surface area (Å²) in [6.07, 6.45) is 1.80. The van der Waals surface area contributed by atoms with Gasteiger partial charge >= 0.3 is 0 Å². The average molecular weight is 380 g/mol. The molecule has 0 bridgehead atoms. The molecule has 2 aromatic heterocycles. The van der Waals surface area contributed by atoms with Crippen LogP contribution < -0.4 is 10.6 Å². The lowest BCUT2D eigenvalue weighted by Crippen LogP contribution is -2.37. The predicted octanol–water partition coefficient (Wildman–Crippen LogP) is 3.28. The van der Waals surface area contributed by atoms with E-state index < -0.39 is 0 Å². The SMILES string of the molecule is CCNC(=NCc1ccc(-n2nc(C)cc2C)nc1)NCc1ccccc1F. The minimum absolute atomic E-state index is 0.227. The summed E-state index contributed by atoms with van der Waals surface area (Å²) in [5, 5.41) is 10.8. The molecule has 7 heteroatoms. The van der Waals surface area contributed by atoms with Crippen molar-refractivity contribution in [1.29, 1.82) is 0 Å². The first-order chi connectivity index (χ1) is 13.6. The van der Waals surface area contributed by atoms with E-state index in [0.29, 0.717) is 24.6 Å². The maximum atomic E-state index is 13.8. The van der Waals surface area contributed by atoms with Gasteiger partial charge in [0.2, 0.25) is 0 Å². The molecule has 0 atom stereocenters. The molecule has 3 aromatic rings. The second-order valence-electron chi connectivity index (χ2n) is 6.50. The Kier molecular flexibility index (Phi) is 6.37. The summed E-state index contributed by atoms with van der Waals surface area (Å²) in [4.78, 5) is 9.06. The molecule has 0 aliphatic carbocycles. The van der Waals surface area contributed by atoms with Gasteiger partial charge in [-0.1, -0.05) is 24.3 Å². The lowest BCUT2D eigenvalue weighted by molar-refractivity contribution is 0.604. The normalized spacial score (nSPS) is 11.5. The van der Waals surface area contributed by atoms with Crippen LogP contribution in [0.4, 0.5) is 4.39 Å². The number of aryl methyl sites for hydroxylation is 2. The second-order valence-corrected chi connectivity index (χ2v) is 6.50. The Hall–Kier alpha value is -3.22. The summed E-state index contributed by atoms with van der Waals surface area (Å²) in [7, 11) is 0. The molecule has 28 heavy (non-hydrogen) atoms. The number of hydrogen-bond acceptors (Lipinski definition) is 3. The summed E-state index contributed by atoms with van der Waals surface area (Å²) in [5.41, 5.74) is 3.59. The van der Waals surface area contributed by atoms with Gasteiger partial charge in [0.25, 0.3) is 0 Å². The molecular weight excluding hydrogens is 355 g/mol. The van der Waals surface area contributed by atoms with Gasteiger partial charge in [0.05, 0.1) is 12.2 Å². The van der Waals surface area contributed by atoms with Crippen LogP contribution in [0.15, 0.2) is 53.7 Å². The fourth-order valence-corrected chi connectivity index (χ4v) is 2.83. The second kappa shape index (κ2) is 9.12. The minimum atomic E-state index is -0.227. The zero-order chi connectivity index (χ0) is 19.9. The fourth-order valence-electron chi connectivity index (χ4n) is 2.83. The molecular formula is C21H25FN6. The van der Waals surface area contributed by atoms with Gasteiger partial charge in [-0.3, -0.25) is 0 Å². The maximum absolute atomic E-state index is 13.8. The lowest BCUT2D eigenvalue weighted by Gasteiger charge is -2.12. The number of aliphatic imine (C=N–C) groups is 1. The van der Waals surface area contributed by atoms with E-state index in [4.69, 9.17) is 0 Å². The Morgan fingerprint density at radius 3 is 2.61 bits per heavy atom. The van der Waals surface area contributed by atoms with Crippen molar-refractivity contribution in [1.82, 2.24) is 25.4 Å². The molecule has 2 heterocycles. The van der Waals surface area contributed by atoms with Gasteiger partial charge in [0, 0.05) is 30.5 Å². The van der Waals surface area contributed by atoms with Crippen molar-refractivity contribution in [3.05, 3.63) is 77.0 Å². The molecule has 0 fully saturated rings. The summed E-state index contributed by atoms with van der Waals surface area (Å²) < 4.78 is 15.6. The fraction of sp³-hybridized carbons (Fsp3) is 0.286. The van der Waals surface area contributed by atoms with Gasteiger partial charge < -0.3 is 10.6 Å². The number of benzene rings is 1. The Morgan fingerprint density at radius 1 is 1.14 bits per heavy atom. The van der Waals surface area contributed by atoms with E-state index in [-0.39, 0.29) is 5.82 Å². The molecule has 0 unspecified atom stereocenters. The Morgan fingerprint density at radius 2 is 1.96 bits per heavy atom. The highest BCUT2D eigenvalue weighted by Gasteiger charge is 2.06. The third-order valence-corrected chi connectivity index (χ3v) is 4.20. The van der Waals surface area contributed by atoms with E-state index in [2.05, 4.69) is 25.7 Å². The summed E-state index contributed by atoms with van der Waals surface area (Å²) in [6.45, 7) is 7.51. The van der Waals surface area contributed by atoms with Crippen LogP contribution in [0.3, 0.4) is 0 Å². The van der Waals surface area contributed by atoms with Crippen LogP contribution in [0.25, 0.3) is 5.82 Å². The number of rotatable bonds is 6. The van der Waals surface area contributed by atoms with E-state index >= 15 is 0 Å². The van der Waals surface area contributed by atoms with Gasteiger partial charge in [-0.25, -0.2) is 19.0 Å². The van der Waals surface area contributed by atoms with Gasteiger partial charge in [-0.2, -0.15) is 5.10 Å². The maximum Gasteiger partial charge on any atom is 0.191 e. The smallest absolute Gasteiger partial charge is 0.191 e. The van der Waals surface area contributed by atoms with E-state index in [9.17, 15) is 4.39 Å². The molecule has 146 valence electrons. The number of nitrogens with zero attached hydrogens (tertiary/aromatic N) is 4. The highest BCUT2D eigenvalue weighted by molar-refractivity contribution is 5.79. The number of hydrogen-bond donors (Lipinski definition) is 2. The van der Waals surface area contributed by atoms with Gasteiger partial charge in [-0.15, -0.1) is 0 Å². The summed E-state index contributed by atoms with van der Waals surface area (Å²) in [6, 6.07) is 12.7. The van der Waals surface area contributed by atoms with Crippen molar-refractivity contribution in [2.45, 2.75) is 33.9 Å². The number of aromatic nitrogens is 3. The van der Waals surface area contributed by atoms with Crippen molar-refractivity contribution in [2.24, 2.45) is 4.99 Å². The third kappa shape index (κ3) is 4.94. The molecule has 0 aliphatic rings. The highest BCUT2D eigenvalue weighted by Crippen LogP contribution is 2.11. The summed E-state index contributed by atoms with van der Waals surface area (Å²) >= 11 is 0. The predicted molar refractivity (Wildman–Crippen MR) is 109 cm³/mol. The number of halogens is 1. The first-order valence-corrected chi connectivity index (χ1v) is 9.31.